The van der Waals surface area contributed by atoms with Crippen molar-refractivity contribution in [3.8, 4) is 11.4 Å². The average molecular weight is 378 g/mol. The second-order valence-corrected chi connectivity index (χ2v) is 6.04. The van der Waals surface area contributed by atoms with Crippen molar-refractivity contribution < 1.29 is 9.53 Å². The van der Waals surface area contributed by atoms with Crippen LogP contribution in [0.25, 0.3) is 5.69 Å². The van der Waals surface area contributed by atoms with Crippen LogP contribution >= 0.6 is 11.6 Å². The molecule has 0 bridgehead atoms. The molecule has 1 aromatic carbocycles. The van der Waals surface area contributed by atoms with Crippen LogP contribution in [0.1, 0.15) is 13.8 Å². The van der Waals surface area contributed by atoms with E-state index in [-0.39, 0.29) is 19.2 Å². The van der Waals surface area contributed by atoms with Gasteiger partial charge in [-0.25, -0.2) is 9.59 Å². The summed E-state index contributed by atoms with van der Waals surface area (Å²) >= 11 is 6.19. The second kappa shape index (κ2) is 8.48. The van der Waals surface area contributed by atoms with Crippen LogP contribution in [0.15, 0.2) is 48.3 Å². The Balaban J connectivity index is 2.35. The van der Waals surface area contributed by atoms with Crippen molar-refractivity contribution in [1.29, 1.82) is 0 Å². The van der Waals surface area contributed by atoms with Gasteiger partial charge in [-0.15, -0.1) is 17.8 Å². The third-order valence-corrected chi connectivity index (χ3v) is 3.55. The Morgan fingerprint density at radius 3 is 2.50 bits per heavy atom. The van der Waals surface area contributed by atoms with Crippen molar-refractivity contribution in [2.45, 2.75) is 20.0 Å². The molecule has 0 aliphatic heterocycles. The first kappa shape index (κ1) is 19.5. The molecule has 8 nitrogen and oxygen atoms in total. The molecule has 2 rings (SSSR count). The van der Waals surface area contributed by atoms with Gasteiger partial charge >= 0.3 is 11.7 Å². The van der Waals surface area contributed by atoms with Gasteiger partial charge in [0.2, 0.25) is 0 Å². The third kappa shape index (κ3) is 4.20. The number of nitrogens with zero attached hydrogens (tertiary/aromatic N) is 5. The predicted molar refractivity (Wildman–Crippen MR) is 99.2 cm³/mol. The Bertz CT molecular complexity index is 862. The van der Waals surface area contributed by atoms with Crippen LogP contribution in [0.4, 0.5) is 4.79 Å². The lowest BCUT2D eigenvalue weighted by molar-refractivity contribution is 0.205. The normalized spacial score (nSPS) is 10.6. The number of carbonyl (C=O) groups excluding carboxylic acids is 1. The lowest BCUT2D eigenvalue weighted by Crippen LogP contribution is -2.41. The first-order valence-electron chi connectivity index (χ1n) is 7.91. The van der Waals surface area contributed by atoms with Crippen LogP contribution in [0, 0.1) is 0 Å². The highest BCUT2D eigenvalue weighted by Crippen LogP contribution is 2.27. The van der Waals surface area contributed by atoms with Gasteiger partial charge in [0.25, 0.3) is 0 Å². The standard InChI is InChI=1S/C17H20ClN5O3/c1-5-9-21(10-6-2)16(24)23-17(25)22(19-20-23)13-7-8-15(14(18)11-13)26-12(3)4/h5-8,11-12H,1-2,9-10H2,3-4H3. The van der Waals surface area contributed by atoms with Crippen molar-refractivity contribution in [1.82, 2.24) is 24.7 Å². The molecular formula is C17H20ClN5O3. The molecule has 0 aliphatic rings. The van der Waals surface area contributed by atoms with Gasteiger partial charge in [-0.1, -0.05) is 23.8 Å². The molecule has 0 N–H and O–H groups in total. The van der Waals surface area contributed by atoms with Crippen LogP contribution in [0.3, 0.4) is 0 Å². The van der Waals surface area contributed by atoms with Gasteiger partial charge in [-0.3, -0.25) is 0 Å². The summed E-state index contributed by atoms with van der Waals surface area (Å²) in [6.07, 6.45) is 3.05. The number of aromatic nitrogens is 4. The molecule has 0 spiro atoms. The summed E-state index contributed by atoms with van der Waals surface area (Å²) in [4.78, 5) is 26.3. The van der Waals surface area contributed by atoms with Gasteiger partial charge in [0.1, 0.15) is 5.75 Å². The second-order valence-electron chi connectivity index (χ2n) is 5.63. The van der Waals surface area contributed by atoms with Crippen LogP contribution in [0.5, 0.6) is 5.75 Å². The summed E-state index contributed by atoms with van der Waals surface area (Å²) in [7, 11) is 0. The van der Waals surface area contributed by atoms with E-state index in [1.807, 2.05) is 13.8 Å². The van der Waals surface area contributed by atoms with Crippen molar-refractivity contribution in [2.75, 3.05) is 13.1 Å². The van der Waals surface area contributed by atoms with Gasteiger partial charge in [0.05, 0.1) is 16.8 Å². The SMILES string of the molecule is C=CCN(CC=C)C(=O)n1nnn(-c2ccc(OC(C)C)c(Cl)c2)c1=O. The van der Waals surface area contributed by atoms with E-state index in [0.29, 0.717) is 21.1 Å². The maximum atomic E-state index is 12.5. The van der Waals surface area contributed by atoms with E-state index < -0.39 is 11.7 Å². The fourth-order valence-corrected chi connectivity index (χ4v) is 2.40. The fourth-order valence-electron chi connectivity index (χ4n) is 2.18. The van der Waals surface area contributed by atoms with E-state index in [2.05, 4.69) is 23.6 Å². The maximum absolute atomic E-state index is 12.5. The third-order valence-electron chi connectivity index (χ3n) is 3.25. The number of carbonyl (C=O) groups is 1. The minimum atomic E-state index is -0.707. The minimum Gasteiger partial charge on any atom is -0.489 e. The molecule has 0 saturated heterocycles. The quantitative estimate of drug-likeness (QED) is 0.547. The zero-order valence-corrected chi connectivity index (χ0v) is 15.4. The molecular weight excluding hydrogens is 358 g/mol. The van der Waals surface area contributed by atoms with Crippen molar-refractivity contribution >= 4 is 17.6 Å². The average Bonchev–Trinajstić information content (AvgIpc) is 2.97. The number of hydrogen-bond acceptors (Lipinski definition) is 5. The Kier molecular flexibility index (Phi) is 6.35. The summed E-state index contributed by atoms with van der Waals surface area (Å²) in [6, 6.07) is 4.15. The number of ether oxygens (including phenoxy) is 1. The summed E-state index contributed by atoms with van der Waals surface area (Å²) < 4.78 is 7.22. The Morgan fingerprint density at radius 2 is 1.96 bits per heavy atom. The molecule has 0 unspecified atom stereocenters. The first-order chi connectivity index (χ1) is 12.4. The largest absolute Gasteiger partial charge is 0.489 e. The highest BCUT2D eigenvalue weighted by molar-refractivity contribution is 6.32. The van der Waals surface area contributed by atoms with Crippen LogP contribution in [-0.2, 0) is 0 Å². The monoisotopic (exact) mass is 377 g/mol. The minimum absolute atomic E-state index is 0.0414. The maximum Gasteiger partial charge on any atom is 0.377 e. The zero-order chi connectivity index (χ0) is 19.3. The first-order valence-corrected chi connectivity index (χ1v) is 8.29. The smallest absolute Gasteiger partial charge is 0.377 e. The van der Waals surface area contributed by atoms with E-state index >= 15 is 0 Å². The molecule has 0 saturated carbocycles. The molecule has 1 amide bonds. The van der Waals surface area contributed by atoms with E-state index in [4.69, 9.17) is 16.3 Å². The molecule has 9 heteroatoms. The number of amides is 1. The van der Waals surface area contributed by atoms with Crippen molar-refractivity contribution in [3.63, 3.8) is 0 Å². The molecule has 0 fully saturated rings. The predicted octanol–water partition coefficient (Wildman–Crippen LogP) is 2.51. The molecule has 1 heterocycles. The van der Waals surface area contributed by atoms with Crippen molar-refractivity contribution in [2.24, 2.45) is 0 Å². The topological polar surface area (TPSA) is 82.2 Å². The van der Waals surface area contributed by atoms with Gasteiger partial charge in [0, 0.05) is 13.1 Å². The van der Waals surface area contributed by atoms with Crippen molar-refractivity contribution in [3.05, 3.63) is 59.0 Å². The van der Waals surface area contributed by atoms with Gasteiger partial charge in [0.15, 0.2) is 0 Å². The lowest BCUT2D eigenvalue weighted by atomic mass is 10.3. The van der Waals surface area contributed by atoms with Crippen LogP contribution < -0.4 is 10.4 Å². The number of tetrazole rings is 1. The molecule has 0 radical (unpaired) electrons. The van der Waals surface area contributed by atoms with E-state index in [9.17, 15) is 9.59 Å². The summed E-state index contributed by atoms with van der Waals surface area (Å²) in [5.74, 6) is 0.491. The number of hydrogen-bond donors (Lipinski definition) is 0. The Hall–Kier alpha value is -2.87. The number of benzene rings is 1. The lowest BCUT2D eigenvalue weighted by Gasteiger charge is -2.17. The Labute approximate surface area is 155 Å². The summed E-state index contributed by atoms with van der Waals surface area (Å²) in [6.45, 7) is 11.4. The molecule has 138 valence electrons. The van der Waals surface area contributed by atoms with Gasteiger partial charge < -0.3 is 9.64 Å². The molecule has 26 heavy (non-hydrogen) atoms. The molecule has 0 aliphatic carbocycles. The van der Waals surface area contributed by atoms with E-state index in [1.165, 1.54) is 11.0 Å². The Morgan fingerprint density at radius 1 is 1.31 bits per heavy atom. The van der Waals surface area contributed by atoms with Gasteiger partial charge in [-0.05, 0) is 42.5 Å². The number of halogens is 1. The summed E-state index contributed by atoms with van der Waals surface area (Å²) in [5.41, 5.74) is -0.337. The number of rotatable bonds is 7. The highest BCUT2D eigenvalue weighted by atomic mass is 35.5. The van der Waals surface area contributed by atoms with Gasteiger partial charge in [-0.2, -0.15) is 4.68 Å². The van der Waals surface area contributed by atoms with E-state index in [0.717, 1.165) is 4.68 Å². The van der Waals surface area contributed by atoms with Crippen LogP contribution in [-0.4, -0.2) is 49.9 Å². The fraction of sp³-hybridized carbons (Fsp3) is 0.294. The summed E-state index contributed by atoms with van der Waals surface area (Å²) in [5, 5.41) is 7.74. The zero-order valence-electron chi connectivity index (χ0n) is 14.6. The molecule has 1 aromatic heterocycles. The molecule has 0 atom stereocenters. The van der Waals surface area contributed by atoms with E-state index in [1.54, 1.807) is 24.3 Å². The molecule has 2 aromatic rings. The van der Waals surface area contributed by atoms with Crippen LogP contribution in [0.2, 0.25) is 5.02 Å². The highest BCUT2D eigenvalue weighted by Gasteiger charge is 2.20.